The van der Waals surface area contributed by atoms with Gasteiger partial charge in [-0.3, -0.25) is 9.48 Å². The average Bonchev–Trinajstić information content (AvgIpc) is 2.98. The van der Waals surface area contributed by atoms with E-state index in [2.05, 4.69) is 16.9 Å². The van der Waals surface area contributed by atoms with Gasteiger partial charge in [-0.15, -0.1) is 0 Å². The fourth-order valence-corrected chi connectivity index (χ4v) is 4.89. The summed E-state index contributed by atoms with van der Waals surface area (Å²) in [7, 11) is 2.01. The normalized spacial score (nSPS) is 25.8. The van der Waals surface area contributed by atoms with Gasteiger partial charge in [0.2, 0.25) is 0 Å². The van der Waals surface area contributed by atoms with Crippen LogP contribution in [0.1, 0.15) is 67.2 Å². The molecule has 2 saturated heterocycles. The summed E-state index contributed by atoms with van der Waals surface area (Å²) in [4.78, 5) is 17.7. The van der Waals surface area contributed by atoms with Crippen LogP contribution in [-0.2, 0) is 19.9 Å². The van der Waals surface area contributed by atoms with Gasteiger partial charge in [0, 0.05) is 37.4 Å². The van der Waals surface area contributed by atoms with Crippen LogP contribution in [0.3, 0.4) is 0 Å². The van der Waals surface area contributed by atoms with Gasteiger partial charge in [0.1, 0.15) is 0 Å². The Kier molecular flexibility index (Phi) is 4.85. The first-order valence-electron chi connectivity index (χ1n) is 10.2. The van der Waals surface area contributed by atoms with Crippen LogP contribution >= 0.6 is 0 Å². The molecule has 0 N–H and O–H groups in total. The molecule has 1 unspecified atom stereocenters. The lowest BCUT2D eigenvalue weighted by molar-refractivity contribution is 0.0715. The topological polar surface area (TPSA) is 41.4 Å². The van der Waals surface area contributed by atoms with E-state index >= 15 is 0 Å². The zero-order chi connectivity index (χ0) is 17.4. The zero-order valence-corrected chi connectivity index (χ0v) is 15.8. The number of carbonyl (C=O) groups excluding carboxylic acids is 1. The number of carbonyl (C=O) groups is 1. The maximum Gasteiger partial charge on any atom is 0.274 e. The second kappa shape index (κ2) is 7.10. The average molecular weight is 345 g/mol. The molecule has 1 aromatic heterocycles. The number of aromatic nitrogens is 2. The molecule has 0 bridgehead atoms. The highest BCUT2D eigenvalue weighted by atomic mass is 16.2. The Morgan fingerprint density at radius 1 is 1.04 bits per heavy atom. The Labute approximate surface area is 151 Å². The van der Waals surface area contributed by atoms with Gasteiger partial charge in [0.15, 0.2) is 5.69 Å². The van der Waals surface area contributed by atoms with Crippen molar-refractivity contribution in [3.8, 4) is 0 Å². The molecule has 25 heavy (non-hydrogen) atoms. The predicted molar refractivity (Wildman–Crippen MR) is 98.7 cm³/mol. The molecular weight excluding hydrogens is 312 g/mol. The fraction of sp³-hybridized carbons (Fsp3) is 0.800. The minimum Gasteiger partial charge on any atom is -0.337 e. The highest BCUT2D eigenvalue weighted by Gasteiger charge is 2.33. The first-order valence-corrected chi connectivity index (χ1v) is 10.2. The summed E-state index contributed by atoms with van der Waals surface area (Å²) in [5.74, 6) is 1.04. The largest absolute Gasteiger partial charge is 0.337 e. The molecule has 5 nitrogen and oxygen atoms in total. The first-order chi connectivity index (χ1) is 12.1. The molecule has 1 aliphatic carbocycles. The Hall–Kier alpha value is -1.36. The highest BCUT2D eigenvalue weighted by molar-refractivity contribution is 5.94. The Morgan fingerprint density at radius 2 is 1.76 bits per heavy atom. The van der Waals surface area contributed by atoms with Crippen molar-refractivity contribution in [1.82, 2.24) is 19.6 Å². The van der Waals surface area contributed by atoms with Crippen LogP contribution in [0, 0.1) is 5.92 Å². The number of amides is 1. The second-order valence-corrected chi connectivity index (χ2v) is 8.37. The Balaban J connectivity index is 1.53. The summed E-state index contributed by atoms with van der Waals surface area (Å²) in [6.45, 7) is 6.61. The minimum absolute atomic E-state index is 0.171. The predicted octanol–water partition coefficient (Wildman–Crippen LogP) is 2.64. The molecule has 0 spiro atoms. The van der Waals surface area contributed by atoms with E-state index in [1.54, 1.807) is 0 Å². The van der Waals surface area contributed by atoms with Crippen LogP contribution in [-0.4, -0.2) is 57.7 Å². The van der Waals surface area contributed by atoms with Crippen LogP contribution in [0.25, 0.3) is 0 Å². The quantitative estimate of drug-likeness (QED) is 0.828. The lowest BCUT2D eigenvalue weighted by Crippen LogP contribution is -2.44. The van der Waals surface area contributed by atoms with E-state index in [0.29, 0.717) is 6.04 Å². The number of nitrogens with zero attached hydrogens (tertiary/aromatic N) is 4. The van der Waals surface area contributed by atoms with Crippen molar-refractivity contribution in [2.75, 3.05) is 26.2 Å². The van der Waals surface area contributed by atoms with Gasteiger partial charge < -0.3 is 9.80 Å². The zero-order valence-electron chi connectivity index (χ0n) is 15.8. The molecule has 5 heteroatoms. The van der Waals surface area contributed by atoms with Gasteiger partial charge in [-0.2, -0.15) is 5.10 Å². The minimum atomic E-state index is 0.171. The van der Waals surface area contributed by atoms with E-state index in [1.807, 2.05) is 16.6 Å². The van der Waals surface area contributed by atoms with Gasteiger partial charge in [-0.25, -0.2) is 0 Å². The molecular formula is C20H32N4O. The van der Waals surface area contributed by atoms with Gasteiger partial charge in [0.25, 0.3) is 5.91 Å². The van der Waals surface area contributed by atoms with Crippen molar-refractivity contribution < 1.29 is 4.79 Å². The monoisotopic (exact) mass is 344 g/mol. The molecule has 0 saturated carbocycles. The van der Waals surface area contributed by atoms with Crippen molar-refractivity contribution in [3.05, 3.63) is 17.0 Å². The molecule has 0 aromatic carbocycles. The standard InChI is InChI=1S/C20H32N4O/c1-15-8-12-23(13-9-15)16-6-7-18-17(14-16)19(21-22(18)2)20(25)24-10-4-3-5-11-24/h15-16H,3-14H2,1-2H3. The molecule has 3 heterocycles. The third-order valence-electron chi connectivity index (χ3n) is 6.61. The van der Waals surface area contributed by atoms with E-state index in [1.165, 1.54) is 50.0 Å². The van der Waals surface area contributed by atoms with Gasteiger partial charge in [-0.1, -0.05) is 6.92 Å². The highest BCUT2D eigenvalue weighted by Crippen LogP contribution is 2.30. The molecule has 4 rings (SSSR count). The summed E-state index contributed by atoms with van der Waals surface area (Å²) in [6, 6.07) is 0.595. The molecule has 2 aliphatic heterocycles. The van der Waals surface area contributed by atoms with Crippen LogP contribution in [0.5, 0.6) is 0 Å². The molecule has 2 fully saturated rings. The molecule has 0 radical (unpaired) electrons. The van der Waals surface area contributed by atoms with Crippen LogP contribution < -0.4 is 0 Å². The number of hydrogen-bond acceptors (Lipinski definition) is 3. The Bertz CT molecular complexity index is 624. The molecule has 138 valence electrons. The van der Waals surface area contributed by atoms with Crippen molar-refractivity contribution in [2.45, 2.75) is 64.3 Å². The number of hydrogen-bond donors (Lipinski definition) is 0. The molecule has 3 aliphatic rings. The summed E-state index contributed by atoms with van der Waals surface area (Å²) in [6.07, 6.45) is 9.42. The molecule has 1 aromatic rings. The smallest absolute Gasteiger partial charge is 0.274 e. The number of aryl methyl sites for hydroxylation is 1. The lowest BCUT2D eigenvalue weighted by Gasteiger charge is -2.38. The van der Waals surface area contributed by atoms with E-state index < -0.39 is 0 Å². The van der Waals surface area contributed by atoms with Crippen molar-refractivity contribution in [2.24, 2.45) is 13.0 Å². The van der Waals surface area contributed by atoms with Crippen LogP contribution in [0.4, 0.5) is 0 Å². The summed E-state index contributed by atoms with van der Waals surface area (Å²) >= 11 is 0. The number of piperidine rings is 2. The van der Waals surface area contributed by atoms with Crippen LogP contribution in [0.15, 0.2) is 0 Å². The number of fused-ring (bicyclic) bond motifs is 1. The third kappa shape index (κ3) is 3.35. The van der Waals surface area contributed by atoms with Crippen molar-refractivity contribution in [3.63, 3.8) is 0 Å². The SMILES string of the molecule is CC1CCN(C2CCc3c(c(C(=O)N4CCCCC4)nn3C)C2)CC1. The van der Waals surface area contributed by atoms with E-state index in [0.717, 1.165) is 50.4 Å². The van der Waals surface area contributed by atoms with E-state index in [9.17, 15) is 4.79 Å². The summed E-state index contributed by atoms with van der Waals surface area (Å²) in [5, 5.41) is 4.67. The summed E-state index contributed by atoms with van der Waals surface area (Å²) < 4.78 is 1.97. The Morgan fingerprint density at radius 3 is 2.48 bits per heavy atom. The summed E-state index contributed by atoms with van der Waals surface area (Å²) in [5.41, 5.74) is 3.28. The van der Waals surface area contributed by atoms with Crippen molar-refractivity contribution >= 4 is 5.91 Å². The first kappa shape index (κ1) is 17.1. The lowest BCUT2D eigenvalue weighted by atomic mass is 9.88. The number of likely N-dealkylation sites (tertiary alicyclic amines) is 2. The maximum atomic E-state index is 13.0. The molecule has 1 amide bonds. The fourth-order valence-electron chi connectivity index (χ4n) is 4.89. The van der Waals surface area contributed by atoms with Crippen LogP contribution in [0.2, 0.25) is 0 Å². The third-order valence-corrected chi connectivity index (χ3v) is 6.61. The van der Waals surface area contributed by atoms with Crippen molar-refractivity contribution in [1.29, 1.82) is 0 Å². The maximum absolute atomic E-state index is 13.0. The van der Waals surface area contributed by atoms with E-state index in [4.69, 9.17) is 0 Å². The second-order valence-electron chi connectivity index (χ2n) is 8.37. The van der Waals surface area contributed by atoms with E-state index in [-0.39, 0.29) is 5.91 Å². The number of rotatable bonds is 2. The van der Waals surface area contributed by atoms with Gasteiger partial charge in [0.05, 0.1) is 0 Å². The molecule has 1 atom stereocenters. The van der Waals surface area contributed by atoms with Gasteiger partial charge >= 0.3 is 0 Å². The van der Waals surface area contributed by atoms with Gasteiger partial charge in [-0.05, 0) is 70.4 Å².